The smallest absolute Gasteiger partial charge is 0.286 e. The first-order chi connectivity index (χ1) is 12.2. The lowest BCUT2D eigenvalue weighted by atomic mass is 9.84. The number of amides is 1. The molecule has 25 heavy (non-hydrogen) atoms. The molecule has 0 radical (unpaired) electrons. The van der Waals surface area contributed by atoms with E-state index in [9.17, 15) is 9.90 Å². The summed E-state index contributed by atoms with van der Waals surface area (Å²) in [5.74, 6) is 0.110. The molecule has 0 aromatic carbocycles. The monoisotopic (exact) mass is 369 g/mol. The minimum Gasteiger partial charge on any atom is -0.459 e. The van der Waals surface area contributed by atoms with Crippen LogP contribution in [0.25, 0.3) is 0 Å². The fraction of sp³-hybridized carbons (Fsp3) is 0.611. The van der Waals surface area contributed by atoms with Crippen molar-refractivity contribution in [1.29, 1.82) is 0 Å². The zero-order chi connectivity index (χ0) is 18.1. The number of aliphatic hydroxyl groups excluding tert-OH is 1. The lowest BCUT2D eigenvalue weighted by molar-refractivity contribution is -0.166. The number of methoxy groups -OCH3 is 1. The maximum Gasteiger partial charge on any atom is 0.286 e. The summed E-state index contributed by atoms with van der Waals surface area (Å²) >= 11 is 1.65. The van der Waals surface area contributed by atoms with Gasteiger partial charge < -0.3 is 24.6 Å². The molecule has 1 aliphatic heterocycles. The number of hydrogen-bond donors (Lipinski definition) is 2. The first kappa shape index (κ1) is 19.9. The van der Waals surface area contributed by atoms with Gasteiger partial charge in [-0.1, -0.05) is 6.07 Å². The van der Waals surface area contributed by atoms with E-state index in [1.165, 1.54) is 0 Å². The number of hydrogen-bond acceptors (Lipinski definition) is 6. The Labute approximate surface area is 152 Å². The topological polar surface area (TPSA) is 77.0 Å². The molecule has 140 valence electrons. The molecular weight excluding hydrogens is 342 g/mol. The van der Waals surface area contributed by atoms with E-state index in [1.54, 1.807) is 18.4 Å². The Balaban J connectivity index is 2.23. The van der Waals surface area contributed by atoms with Crippen LogP contribution < -0.4 is 5.32 Å². The van der Waals surface area contributed by atoms with E-state index >= 15 is 0 Å². The van der Waals surface area contributed by atoms with Gasteiger partial charge in [0.15, 0.2) is 5.76 Å². The maximum atomic E-state index is 12.4. The highest BCUT2D eigenvalue weighted by atomic mass is 32.1. The Morgan fingerprint density at radius 2 is 2.32 bits per heavy atom. The van der Waals surface area contributed by atoms with Gasteiger partial charge in [-0.05, 0) is 37.3 Å². The molecule has 0 aliphatic carbocycles. The van der Waals surface area contributed by atoms with Crippen molar-refractivity contribution in [1.82, 2.24) is 5.32 Å². The largest absolute Gasteiger partial charge is 0.459 e. The lowest BCUT2D eigenvalue weighted by Gasteiger charge is -2.36. The molecule has 0 spiro atoms. The zero-order valence-electron chi connectivity index (χ0n) is 14.8. The molecule has 7 heteroatoms. The number of thiophene rings is 1. The Hall–Kier alpha value is -1.41. The van der Waals surface area contributed by atoms with Crippen LogP contribution in [0.1, 0.15) is 30.6 Å². The fourth-order valence-electron chi connectivity index (χ4n) is 2.93. The number of rotatable bonds is 10. The summed E-state index contributed by atoms with van der Waals surface area (Å²) in [5.41, 5.74) is 0. The van der Waals surface area contributed by atoms with Crippen LogP contribution in [-0.2, 0) is 19.0 Å². The average Bonchev–Trinajstić information content (AvgIpc) is 3.15. The van der Waals surface area contributed by atoms with Gasteiger partial charge in [-0.3, -0.25) is 4.79 Å². The molecule has 1 aromatic heterocycles. The average molecular weight is 369 g/mol. The normalized spacial score (nSPS) is 23.0. The van der Waals surface area contributed by atoms with Gasteiger partial charge in [0, 0.05) is 43.6 Å². The number of allylic oxidation sites excluding steroid dienone is 1. The molecule has 2 N–H and O–H groups in total. The molecule has 0 bridgehead atoms. The van der Waals surface area contributed by atoms with E-state index in [1.807, 2.05) is 24.4 Å². The van der Waals surface area contributed by atoms with Crippen LogP contribution in [0.4, 0.5) is 0 Å². The second-order valence-corrected chi connectivity index (χ2v) is 6.77. The zero-order valence-corrected chi connectivity index (χ0v) is 15.6. The second kappa shape index (κ2) is 10.6. The Bertz CT molecular complexity index is 546. The predicted molar refractivity (Wildman–Crippen MR) is 96.3 cm³/mol. The van der Waals surface area contributed by atoms with Crippen LogP contribution in [0, 0.1) is 5.92 Å². The van der Waals surface area contributed by atoms with Crippen molar-refractivity contribution in [3.63, 3.8) is 0 Å². The third-order valence-electron chi connectivity index (χ3n) is 4.10. The molecule has 0 unspecified atom stereocenters. The highest BCUT2D eigenvalue weighted by Crippen LogP contribution is 2.40. The van der Waals surface area contributed by atoms with E-state index < -0.39 is 6.29 Å². The molecule has 0 saturated carbocycles. The Morgan fingerprint density at radius 3 is 2.96 bits per heavy atom. The molecular formula is C18H27NO5S. The maximum absolute atomic E-state index is 12.4. The Morgan fingerprint density at radius 1 is 1.48 bits per heavy atom. The van der Waals surface area contributed by atoms with Crippen LogP contribution in [0.2, 0.25) is 0 Å². The highest BCUT2D eigenvalue weighted by Gasteiger charge is 2.38. The van der Waals surface area contributed by atoms with Gasteiger partial charge in [0.2, 0.25) is 6.29 Å². The van der Waals surface area contributed by atoms with Gasteiger partial charge in [0.05, 0.1) is 6.61 Å². The number of carbonyl (C=O) groups excluding carboxylic acids is 1. The van der Waals surface area contributed by atoms with Crippen LogP contribution in [-0.4, -0.2) is 50.8 Å². The summed E-state index contributed by atoms with van der Waals surface area (Å²) < 4.78 is 16.6. The van der Waals surface area contributed by atoms with Crippen LogP contribution >= 0.6 is 11.3 Å². The van der Waals surface area contributed by atoms with Gasteiger partial charge in [0.25, 0.3) is 5.91 Å². The van der Waals surface area contributed by atoms with Gasteiger partial charge in [-0.25, -0.2) is 0 Å². The summed E-state index contributed by atoms with van der Waals surface area (Å²) in [7, 11) is 1.59. The number of nitrogens with one attached hydrogen (secondary N) is 1. The van der Waals surface area contributed by atoms with E-state index in [0.29, 0.717) is 26.2 Å². The third kappa shape index (κ3) is 5.54. The highest BCUT2D eigenvalue weighted by molar-refractivity contribution is 7.10. The number of ether oxygens (including phenoxy) is 3. The second-order valence-electron chi connectivity index (χ2n) is 5.79. The third-order valence-corrected chi connectivity index (χ3v) is 5.07. The summed E-state index contributed by atoms with van der Waals surface area (Å²) in [6.45, 7) is 3.40. The predicted octanol–water partition coefficient (Wildman–Crippen LogP) is 2.26. The Kier molecular flexibility index (Phi) is 8.40. The lowest BCUT2D eigenvalue weighted by Crippen LogP contribution is -2.39. The standard InChI is InChI=1S/C18H27NO5S/c1-3-23-18-13(6-4-9-20)14(16-7-5-11-25-16)12-15(24-18)17(21)19-8-10-22-2/h5,7,11-14,18,20H,3-4,6,8-10H2,1-2H3,(H,19,21)/t13-,14+,18-/m1/s1. The van der Waals surface area contributed by atoms with Crippen molar-refractivity contribution >= 4 is 17.2 Å². The number of carbonyl (C=O) groups is 1. The van der Waals surface area contributed by atoms with Crippen molar-refractivity contribution in [2.24, 2.45) is 5.92 Å². The number of aliphatic hydroxyl groups is 1. The molecule has 2 heterocycles. The van der Waals surface area contributed by atoms with Gasteiger partial charge >= 0.3 is 0 Å². The first-order valence-electron chi connectivity index (χ1n) is 8.62. The van der Waals surface area contributed by atoms with E-state index in [-0.39, 0.29) is 30.1 Å². The van der Waals surface area contributed by atoms with E-state index in [2.05, 4.69) is 11.4 Å². The minimum absolute atomic E-state index is 0.0278. The van der Waals surface area contributed by atoms with Crippen molar-refractivity contribution in [2.45, 2.75) is 32.0 Å². The SMILES string of the molecule is CCO[C@@H]1OC(C(=O)NCCOC)=C[C@H](c2cccs2)[C@H]1CCCO. The minimum atomic E-state index is -0.503. The van der Waals surface area contributed by atoms with Gasteiger partial charge in [-0.15, -0.1) is 11.3 Å². The first-order valence-corrected chi connectivity index (χ1v) is 9.50. The molecule has 0 saturated heterocycles. The molecule has 1 aliphatic rings. The molecule has 2 rings (SSSR count). The van der Waals surface area contributed by atoms with Gasteiger partial charge in [-0.2, -0.15) is 0 Å². The van der Waals surface area contributed by atoms with Crippen molar-refractivity contribution in [2.75, 3.05) is 33.5 Å². The van der Waals surface area contributed by atoms with Crippen molar-refractivity contribution in [3.05, 3.63) is 34.2 Å². The molecule has 1 amide bonds. The summed E-state index contributed by atoms with van der Waals surface area (Å²) in [6, 6.07) is 4.06. The summed E-state index contributed by atoms with van der Waals surface area (Å²) in [6.07, 6.45) is 2.81. The van der Waals surface area contributed by atoms with Crippen LogP contribution in [0.3, 0.4) is 0 Å². The van der Waals surface area contributed by atoms with Crippen molar-refractivity contribution < 1.29 is 24.1 Å². The summed E-state index contributed by atoms with van der Waals surface area (Å²) in [5, 5.41) is 14.0. The van der Waals surface area contributed by atoms with E-state index in [4.69, 9.17) is 14.2 Å². The van der Waals surface area contributed by atoms with Crippen LogP contribution in [0.15, 0.2) is 29.3 Å². The van der Waals surface area contributed by atoms with Gasteiger partial charge in [0.1, 0.15) is 0 Å². The molecule has 6 nitrogen and oxygen atoms in total. The quantitative estimate of drug-likeness (QED) is 0.619. The molecule has 0 fully saturated rings. The molecule has 3 atom stereocenters. The fourth-order valence-corrected chi connectivity index (χ4v) is 3.80. The van der Waals surface area contributed by atoms with Crippen LogP contribution in [0.5, 0.6) is 0 Å². The molecule has 1 aromatic rings. The van der Waals surface area contributed by atoms with Crippen molar-refractivity contribution in [3.8, 4) is 0 Å². The summed E-state index contributed by atoms with van der Waals surface area (Å²) in [4.78, 5) is 13.6. The van der Waals surface area contributed by atoms with E-state index in [0.717, 1.165) is 11.3 Å².